The van der Waals surface area contributed by atoms with E-state index >= 15 is 0 Å². The smallest absolute Gasteiger partial charge is 0.406 e. The number of nitrogens with zero attached hydrogens (tertiary/aromatic N) is 4. The molecule has 2 aliphatic rings. The average molecular weight is 485 g/mol. The second-order valence-corrected chi connectivity index (χ2v) is 8.80. The summed E-state index contributed by atoms with van der Waals surface area (Å²) < 4.78 is 40.7. The third-order valence-electron chi connectivity index (χ3n) is 6.50. The lowest BCUT2D eigenvalue weighted by Crippen LogP contribution is -2.42. The lowest BCUT2D eigenvalue weighted by atomic mass is 9.88. The summed E-state index contributed by atoms with van der Waals surface area (Å²) >= 11 is 0. The molecule has 0 spiro atoms. The van der Waals surface area contributed by atoms with Gasteiger partial charge in [0.1, 0.15) is 11.3 Å². The van der Waals surface area contributed by atoms with E-state index in [0.29, 0.717) is 48.7 Å². The molecule has 2 amide bonds. The van der Waals surface area contributed by atoms with Crippen LogP contribution in [0.3, 0.4) is 0 Å². The maximum absolute atomic E-state index is 13.0. The Bertz CT molecular complexity index is 1270. The van der Waals surface area contributed by atoms with Gasteiger partial charge < -0.3 is 14.5 Å². The lowest BCUT2D eigenvalue weighted by molar-refractivity contribution is -0.274. The molecule has 182 valence electrons. The highest BCUT2D eigenvalue weighted by molar-refractivity contribution is 5.97. The molecule has 2 saturated heterocycles. The first-order valence-corrected chi connectivity index (χ1v) is 11.2. The molecular formula is C24H22F3N5O3. The van der Waals surface area contributed by atoms with Gasteiger partial charge in [0.15, 0.2) is 0 Å². The Hall–Kier alpha value is -3.89. The predicted molar refractivity (Wildman–Crippen MR) is 120 cm³/mol. The minimum Gasteiger partial charge on any atom is -0.406 e. The van der Waals surface area contributed by atoms with Gasteiger partial charge in [-0.3, -0.25) is 14.7 Å². The first kappa shape index (κ1) is 22.9. The second kappa shape index (κ2) is 9.05. The lowest BCUT2D eigenvalue weighted by Gasteiger charge is -2.33. The Morgan fingerprint density at radius 1 is 1.03 bits per heavy atom. The molecule has 0 unspecified atom stereocenters. The van der Waals surface area contributed by atoms with Crippen molar-refractivity contribution < 1.29 is 27.5 Å². The summed E-state index contributed by atoms with van der Waals surface area (Å²) in [6.45, 7) is 2.38. The number of hydrogen-bond donors (Lipinski definition) is 1. The van der Waals surface area contributed by atoms with Crippen LogP contribution >= 0.6 is 0 Å². The monoisotopic (exact) mass is 485 g/mol. The molecule has 3 aromatic rings. The fourth-order valence-corrected chi connectivity index (χ4v) is 4.75. The van der Waals surface area contributed by atoms with Crippen LogP contribution < -0.4 is 4.74 Å². The van der Waals surface area contributed by atoms with Gasteiger partial charge in [-0.25, -0.2) is 0 Å². The first-order chi connectivity index (χ1) is 16.7. The van der Waals surface area contributed by atoms with Gasteiger partial charge in [0.05, 0.1) is 5.52 Å². The second-order valence-electron chi connectivity index (χ2n) is 8.80. The number of carbonyl (C=O) groups excluding carboxylic acids is 2. The Morgan fingerprint density at radius 3 is 2.54 bits per heavy atom. The fraction of sp³-hybridized carbons (Fsp3) is 0.333. The van der Waals surface area contributed by atoms with Gasteiger partial charge in [-0.05, 0) is 60.2 Å². The molecule has 0 bridgehead atoms. The number of amides is 2. The zero-order valence-corrected chi connectivity index (χ0v) is 18.5. The molecule has 0 radical (unpaired) electrons. The van der Waals surface area contributed by atoms with Crippen molar-refractivity contribution in [3.05, 3.63) is 59.7 Å². The number of fused-ring (bicyclic) bond motifs is 2. The molecule has 8 nitrogen and oxygen atoms in total. The van der Waals surface area contributed by atoms with Crippen LogP contribution in [0.5, 0.6) is 5.75 Å². The van der Waals surface area contributed by atoms with Crippen LogP contribution in [0.1, 0.15) is 22.3 Å². The van der Waals surface area contributed by atoms with Crippen LogP contribution in [0.4, 0.5) is 13.2 Å². The van der Waals surface area contributed by atoms with Crippen molar-refractivity contribution in [3.63, 3.8) is 0 Å². The van der Waals surface area contributed by atoms with Gasteiger partial charge in [0, 0.05) is 37.8 Å². The molecule has 0 saturated carbocycles. The van der Waals surface area contributed by atoms with Crippen molar-refractivity contribution in [2.75, 3.05) is 26.2 Å². The van der Waals surface area contributed by atoms with E-state index in [9.17, 15) is 22.8 Å². The van der Waals surface area contributed by atoms with Gasteiger partial charge in [-0.2, -0.15) is 0 Å². The number of piperidine rings is 1. The number of H-pyrrole nitrogens is 1. The number of nitrogens with one attached hydrogen (secondary N) is 1. The number of aromatic amines is 1. The number of hydrogen-bond acceptors (Lipinski definition) is 5. The number of rotatable bonds is 4. The number of likely N-dealkylation sites (tertiary alicyclic amines) is 2. The maximum atomic E-state index is 13.0. The minimum atomic E-state index is -4.75. The average Bonchev–Trinajstić information content (AvgIpc) is 3.47. The largest absolute Gasteiger partial charge is 0.573 e. The SMILES string of the molecule is O=C(/C=C/c1ccc(OC(F)(F)F)cc1)N1CC[C@H]2CN(C(=O)c3ccc4[nH]nnc4c3)C[C@H]2C1. The summed E-state index contributed by atoms with van der Waals surface area (Å²) in [5.41, 5.74) is 2.56. The van der Waals surface area contributed by atoms with Gasteiger partial charge in [0.25, 0.3) is 5.91 Å². The highest BCUT2D eigenvalue weighted by Gasteiger charge is 2.40. The topological polar surface area (TPSA) is 91.4 Å². The van der Waals surface area contributed by atoms with Crippen molar-refractivity contribution >= 4 is 28.9 Å². The van der Waals surface area contributed by atoms with Gasteiger partial charge in [-0.1, -0.05) is 17.3 Å². The molecule has 2 aromatic carbocycles. The molecule has 2 fully saturated rings. The number of benzene rings is 2. The van der Waals surface area contributed by atoms with E-state index in [4.69, 9.17) is 0 Å². The number of halogens is 3. The van der Waals surface area contributed by atoms with Crippen molar-refractivity contribution in [1.29, 1.82) is 0 Å². The number of alkyl halides is 3. The molecule has 1 N–H and O–H groups in total. The van der Waals surface area contributed by atoms with E-state index in [1.165, 1.54) is 30.3 Å². The normalized spacial score (nSPS) is 20.4. The highest BCUT2D eigenvalue weighted by atomic mass is 19.4. The molecular weight excluding hydrogens is 463 g/mol. The summed E-state index contributed by atoms with van der Waals surface area (Å²) in [6.07, 6.45) is -0.953. The molecule has 2 atom stereocenters. The fourth-order valence-electron chi connectivity index (χ4n) is 4.75. The maximum Gasteiger partial charge on any atom is 0.573 e. The quantitative estimate of drug-likeness (QED) is 0.572. The number of carbonyl (C=O) groups is 2. The van der Waals surface area contributed by atoms with E-state index in [1.807, 2.05) is 4.90 Å². The summed E-state index contributed by atoms with van der Waals surface area (Å²) in [6, 6.07) is 10.6. The van der Waals surface area contributed by atoms with Crippen molar-refractivity contribution in [1.82, 2.24) is 25.2 Å². The molecule has 1 aromatic heterocycles. The van der Waals surface area contributed by atoms with Crippen LogP contribution in [0.25, 0.3) is 17.1 Å². The molecule has 0 aliphatic carbocycles. The zero-order valence-electron chi connectivity index (χ0n) is 18.5. The van der Waals surface area contributed by atoms with E-state index in [0.717, 1.165) is 11.9 Å². The molecule has 2 aliphatic heterocycles. The van der Waals surface area contributed by atoms with Crippen LogP contribution in [-0.2, 0) is 4.79 Å². The van der Waals surface area contributed by atoms with E-state index in [-0.39, 0.29) is 23.5 Å². The minimum absolute atomic E-state index is 0.0555. The third-order valence-corrected chi connectivity index (χ3v) is 6.50. The number of ether oxygens (including phenoxy) is 1. The van der Waals surface area contributed by atoms with Crippen molar-refractivity contribution in [2.24, 2.45) is 11.8 Å². The van der Waals surface area contributed by atoms with Crippen LogP contribution in [0, 0.1) is 11.8 Å². The third kappa shape index (κ3) is 5.13. The Balaban J connectivity index is 1.17. The molecule has 3 heterocycles. The van der Waals surface area contributed by atoms with Crippen LogP contribution in [-0.4, -0.2) is 69.6 Å². The van der Waals surface area contributed by atoms with Gasteiger partial charge in [0.2, 0.25) is 5.91 Å². The van der Waals surface area contributed by atoms with E-state index in [2.05, 4.69) is 20.1 Å². The van der Waals surface area contributed by atoms with E-state index < -0.39 is 6.36 Å². The van der Waals surface area contributed by atoms with Crippen molar-refractivity contribution in [2.45, 2.75) is 12.8 Å². The number of aromatic nitrogens is 3. The Morgan fingerprint density at radius 2 is 1.77 bits per heavy atom. The highest BCUT2D eigenvalue weighted by Crippen LogP contribution is 2.32. The Kier molecular flexibility index (Phi) is 5.91. The van der Waals surface area contributed by atoms with Gasteiger partial charge in [-0.15, -0.1) is 18.3 Å². The predicted octanol–water partition coefficient (Wildman–Crippen LogP) is 3.49. The molecule has 11 heteroatoms. The summed E-state index contributed by atoms with van der Waals surface area (Å²) in [5.74, 6) is -0.00625. The standard InChI is InChI=1S/C24H22F3N5O3/c25-24(26,27)35-19-5-1-15(2-6-19)3-8-22(33)31-10-9-17-12-32(14-18(17)13-31)23(34)16-4-7-20-21(11-16)29-30-28-20/h1-8,11,17-18H,9-10,12-14H2,(H,28,29,30)/b8-3+/t17-,18+/m0/s1. The molecule has 5 rings (SSSR count). The Labute approximate surface area is 198 Å². The summed E-state index contributed by atoms with van der Waals surface area (Å²) in [5, 5.41) is 10.5. The van der Waals surface area contributed by atoms with Crippen LogP contribution in [0.2, 0.25) is 0 Å². The first-order valence-electron chi connectivity index (χ1n) is 11.2. The van der Waals surface area contributed by atoms with Gasteiger partial charge >= 0.3 is 6.36 Å². The zero-order chi connectivity index (χ0) is 24.6. The summed E-state index contributed by atoms with van der Waals surface area (Å²) in [4.78, 5) is 29.4. The summed E-state index contributed by atoms with van der Waals surface area (Å²) in [7, 11) is 0. The van der Waals surface area contributed by atoms with Crippen LogP contribution in [0.15, 0.2) is 48.5 Å². The molecule has 35 heavy (non-hydrogen) atoms. The van der Waals surface area contributed by atoms with Crippen molar-refractivity contribution in [3.8, 4) is 5.75 Å². The van der Waals surface area contributed by atoms with E-state index in [1.54, 1.807) is 29.2 Å².